The lowest BCUT2D eigenvalue weighted by atomic mass is 9.91. The van der Waals surface area contributed by atoms with Crippen molar-refractivity contribution in [2.75, 3.05) is 13.1 Å². The van der Waals surface area contributed by atoms with E-state index in [2.05, 4.69) is 10.6 Å². The summed E-state index contributed by atoms with van der Waals surface area (Å²) in [5.41, 5.74) is 5.87. The van der Waals surface area contributed by atoms with Crippen LogP contribution in [-0.2, 0) is 10.3 Å². The molecule has 2 atom stereocenters. The SMILES string of the molecule is C[C@@]1(c2ccc(C(=O)N3CCCC[C@@H]3CN)cc2)NC(=O)NC1=O. The molecule has 7 nitrogen and oxygen atoms in total. The van der Waals surface area contributed by atoms with Crippen molar-refractivity contribution in [1.82, 2.24) is 15.5 Å². The Morgan fingerprint density at radius 2 is 2.00 bits per heavy atom. The van der Waals surface area contributed by atoms with Crippen LogP contribution in [0.15, 0.2) is 24.3 Å². The number of piperidine rings is 1. The van der Waals surface area contributed by atoms with Crippen LogP contribution < -0.4 is 16.4 Å². The molecule has 3 rings (SSSR count). The molecule has 128 valence electrons. The number of nitrogens with zero attached hydrogens (tertiary/aromatic N) is 1. The van der Waals surface area contributed by atoms with Crippen molar-refractivity contribution >= 4 is 17.8 Å². The Kier molecular flexibility index (Phi) is 4.28. The maximum Gasteiger partial charge on any atom is 0.322 e. The number of benzene rings is 1. The largest absolute Gasteiger partial charge is 0.334 e. The fraction of sp³-hybridized carbons (Fsp3) is 0.471. The molecular formula is C17H22N4O3. The number of likely N-dealkylation sites (tertiary alicyclic amines) is 1. The normalized spacial score (nSPS) is 26.9. The monoisotopic (exact) mass is 330 g/mol. The van der Waals surface area contributed by atoms with Gasteiger partial charge in [-0.25, -0.2) is 4.79 Å². The van der Waals surface area contributed by atoms with Gasteiger partial charge in [0.25, 0.3) is 11.8 Å². The highest BCUT2D eigenvalue weighted by atomic mass is 16.2. The fourth-order valence-electron chi connectivity index (χ4n) is 3.37. The van der Waals surface area contributed by atoms with E-state index in [0.29, 0.717) is 17.7 Å². The Labute approximate surface area is 140 Å². The van der Waals surface area contributed by atoms with Crippen molar-refractivity contribution < 1.29 is 14.4 Å². The summed E-state index contributed by atoms with van der Waals surface area (Å²) in [4.78, 5) is 37.9. The van der Waals surface area contributed by atoms with Crippen LogP contribution in [0.4, 0.5) is 4.79 Å². The summed E-state index contributed by atoms with van der Waals surface area (Å²) in [6, 6.07) is 6.39. The molecule has 0 aliphatic carbocycles. The quantitative estimate of drug-likeness (QED) is 0.709. The number of urea groups is 1. The molecule has 0 saturated carbocycles. The van der Waals surface area contributed by atoms with Crippen LogP contribution in [0, 0.1) is 0 Å². The number of nitrogens with two attached hydrogens (primary N) is 1. The molecule has 0 spiro atoms. The lowest BCUT2D eigenvalue weighted by Crippen LogP contribution is -2.47. The molecule has 1 aromatic carbocycles. The minimum Gasteiger partial charge on any atom is -0.334 e. The van der Waals surface area contributed by atoms with E-state index in [1.54, 1.807) is 31.2 Å². The van der Waals surface area contributed by atoms with E-state index in [-0.39, 0.29) is 11.9 Å². The van der Waals surface area contributed by atoms with Crippen LogP contribution in [0.1, 0.15) is 42.1 Å². The van der Waals surface area contributed by atoms with E-state index in [1.807, 2.05) is 4.90 Å². The summed E-state index contributed by atoms with van der Waals surface area (Å²) in [5.74, 6) is -0.437. The lowest BCUT2D eigenvalue weighted by molar-refractivity contribution is -0.123. The van der Waals surface area contributed by atoms with Gasteiger partial charge in [0, 0.05) is 24.7 Å². The number of carbonyl (C=O) groups excluding carboxylic acids is 3. The van der Waals surface area contributed by atoms with E-state index in [1.165, 1.54) is 0 Å². The maximum atomic E-state index is 12.7. The minimum absolute atomic E-state index is 0.0400. The van der Waals surface area contributed by atoms with E-state index in [0.717, 1.165) is 25.8 Å². The van der Waals surface area contributed by atoms with Gasteiger partial charge in [0.1, 0.15) is 5.54 Å². The molecule has 2 aliphatic rings. The Hall–Kier alpha value is -2.41. The number of amides is 4. The van der Waals surface area contributed by atoms with Crippen LogP contribution in [-0.4, -0.2) is 41.9 Å². The van der Waals surface area contributed by atoms with E-state index in [4.69, 9.17) is 5.73 Å². The number of rotatable bonds is 3. The number of carbonyl (C=O) groups is 3. The summed E-state index contributed by atoms with van der Waals surface area (Å²) >= 11 is 0. The first-order valence-electron chi connectivity index (χ1n) is 8.21. The molecule has 2 aliphatic heterocycles. The summed E-state index contributed by atoms with van der Waals surface area (Å²) in [5, 5.41) is 4.84. The molecule has 2 heterocycles. The summed E-state index contributed by atoms with van der Waals surface area (Å²) in [7, 11) is 0. The predicted molar refractivity (Wildman–Crippen MR) is 88.2 cm³/mol. The zero-order valence-electron chi connectivity index (χ0n) is 13.7. The Bertz CT molecular complexity index is 673. The van der Waals surface area contributed by atoms with Crippen molar-refractivity contribution in [2.24, 2.45) is 5.73 Å². The van der Waals surface area contributed by atoms with E-state index >= 15 is 0 Å². The second-order valence-corrected chi connectivity index (χ2v) is 6.49. The van der Waals surface area contributed by atoms with Crippen molar-refractivity contribution in [3.63, 3.8) is 0 Å². The lowest BCUT2D eigenvalue weighted by Gasteiger charge is -2.35. The first kappa shape index (κ1) is 16.4. The molecule has 1 aromatic rings. The summed E-state index contributed by atoms with van der Waals surface area (Å²) in [6.45, 7) is 2.83. The standard InChI is InChI=1S/C17H22N4O3/c1-17(15(23)19-16(24)20-17)12-7-5-11(6-8-12)14(22)21-9-3-2-4-13(21)10-18/h5-8,13H,2-4,9-10,18H2,1H3,(H2,19,20,23,24)/t13-,17+/m1/s1. The summed E-state index contributed by atoms with van der Waals surface area (Å²) in [6.07, 6.45) is 3.02. The van der Waals surface area contributed by atoms with Gasteiger partial charge >= 0.3 is 6.03 Å². The first-order valence-corrected chi connectivity index (χ1v) is 8.21. The van der Waals surface area contributed by atoms with Gasteiger partial charge in [0.15, 0.2) is 0 Å². The van der Waals surface area contributed by atoms with Gasteiger partial charge in [0.2, 0.25) is 0 Å². The third-order valence-corrected chi connectivity index (χ3v) is 4.91. The van der Waals surface area contributed by atoms with Gasteiger partial charge in [-0.05, 0) is 43.9 Å². The predicted octanol–water partition coefficient (Wildman–Crippen LogP) is 0.695. The average Bonchev–Trinajstić information content (AvgIpc) is 2.87. The average molecular weight is 330 g/mol. The second-order valence-electron chi connectivity index (χ2n) is 6.49. The molecule has 0 aromatic heterocycles. The molecule has 4 N–H and O–H groups in total. The number of imide groups is 1. The highest BCUT2D eigenvalue weighted by molar-refractivity contribution is 6.07. The Balaban J connectivity index is 1.80. The molecule has 2 saturated heterocycles. The van der Waals surface area contributed by atoms with E-state index in [9.17, 15) is 14.4 Å². The number of hydrogen-bond donors (Lipinski definition) is 3. The van der Waals surface area contributed by atoms with Gasteiger partial charge in [-0.1, -0.05) is 12.1 Å². The molecule has 4 amide bonds. The van der Waals surface area contributed by atoms with Crippen molar-refractivity contribution in [2.45, 2.75) is 37.8 Å². The van der Waals surface area contributed by atoms with Crippen molar-refractivity contribution in [3.8, 4) is 0 Å². The Morgan fingerprint density at radius 3 is 2.58 bits per heavy atom. The highest BCUT2D eigenvalue weighted by Crippen LogP contribution is 2.25. The number of hydrogen-bond acceptors (Lipinski definition) is 4. The van der Waals surface area contributed by atoms with Crippen LogP contribution >= 0.6 is 0 Å². The maximum absolute atomic E-state index is 12.7. The third-order valence-electron chi connectivity index (χ3n) is 4.91. The van der Waals surface area contributed by atoms with Gasteiger partial charge in [-0.15, -0.1) is 0 Å². The van der Waals surface area contributed by atoms with Crippen LogP contribution in [0.25, 0.3) is 0 Å². The van der Waals surface area contributed by atoms with Crippen LogP contribution in [0.2, 0.25) is 0 Å². The van der Waals surface area contributed by atoms with Gasteiger partial charge < -0.3 is 16.0 Å². The topological polar surface area (TPSA) is 105 Å². The fourth-order valence-corrected chi connectivity index (χ4v) is 3.37. The molecular weight excluding hydrogens is 308 g/mol. The number of nitrogens with one attached hydrogen (secondary N) is 2. The van der Waals surface area contributed by atoms with Crippen LogP contribution in [0.5, 0.6) is 0 Å². The van der Waals surface area contributed by atoms with Gasteiger partial charge in [-0.3, -0.25) is 14.9 Å². The first-order chi connectivity index (χ1) is 11.5. The Morgan fingerprint density at radius 1 is 1.29 bits per heavy atom. The molecule has 24 heavy (non-hydrogen) atoms. The van der Waals surface area contributed by atoms with Gasteiger partial charge in [0.05, 0.1) is 0 Å². The smallest absolute Gasteiger partial charge is 0.322 e. The van der Waals surface area contributed by atoms with E-state index < -0.39 is 17.5 Å². The zero-order chi connectivity index (χ0) is 17.3. The minimum atomic E-state index is -1.11. The van der Waals surface area contributed by atoms with Crippen molar-refractivity contribution in [3.05, 3.63) is 35.4 Å². The van der Waals surface area contributed by atoms with Gasteiger partial charge in [-0.2, -0.15) is 0 Å². The van der Waals surface area contributed by atoms with Crippen LogP contribution in [0.3, 0.4) is 0 Å². The third kappa shape index (κ3) is 2.75. The molecule has 2 fully saturated rings. The second kappa shape index (κ2) is 6.24. The highest BCUT2D eigenvalue weighted by Gasteiger charge is 2.43. The summed E-state index contributed by atoms with van der Waals surface area (Å²) < 4.78 is 0. The molecule has 0 bridgehead atoms. The zero-order valence-corrected chi connectivity index (χ0v) is 13.7. The molecule has 0 radical (unpaired) electrons. The molecule has 7 heteroatoms. The van der Waals surface area contributed by atoms with Crippen molar-refractivity contribution in [1.29, 1.82) is 0 Å². The molecule has 0 unspecified atom stereocenters.